The first-order chi connectivity index (χ1) is 15.1. The van der Waals surface area contributed by atoms with E-state index in [1.807, 2.05) is 25.7 Å². The number of imide groups is 1. The number of benzene rings is 1. The van der Waals surface area contributed by atoms with Gasteiger partial charge in [-0.2, -0.15) is 0 Å². The number of amides is 3. The molecule has 2 aliphatic rings. The van der Waals surface area contributed by atoms with Crippen LogP contribution >= 0.6 is 0 Å². The van der Waals surface area contributed by atoms with Crippen molar-refractivity contribution < 1.29 is 27.5 Å². The standard InChI is InChI=1S/C22H23F3N4O3/c1-4-27(5-2)18-13-26-11-10-17(18)29-20(31)28(19(30)21(29)12-14(21)3)15-6-8-16(9-7-15)32-22(23,24)25/h6-11,13-14H,4-5,12H2,1-3H3. The Labute approximate surface area is 183 Å². The predicted octanol–water partition coefficient (Wildman–Crippen LogP) is 4.58. The monoisotopic (exact) mass is 448 g/mol. The number of halogens is 3. The Hall–Kier alpha value is -3.30. The molecule has 32 heavy (non-hydrogen) atoms. The largest absolute Gasteiger partial charge is 0.573 e. The Balaban J connectivity index is 1.73. The molecule has 2 aromatic rings. The van der Waals surface area contributed by atoms with Gasteiger partial charge in [-0.05, 0) is 56.5 Å². The predicted molar refractivity (Wildman–Crippen MR) is 113 cm³/mol. The van der Waals surface area contributed by atoms with Crippen molar-refractivity contribution in [2.24, 2.45) is 5.92 Å². The smallest absolute Gasteiger partial charge is 0.406 e. The first-order valence-corrected chi connectivity index (χ1v) is 10.4. The van der Waals surface area contributed by atoms with Crippen LogP contribution < -0.4 is 19.4 Å². The molecule has 0 N–H and O–H groups in total. The molecule has 0 bridgehead atoms. The molecule has 2 fully saturated rings. The van der Waals surface area contributed by atoms with Crippen molar-refractivity contribution in [2.45, 2.75) is 39.1 Å². The zero-order valence-electron chi connectivity index (χ0n) is 17.9. The number of anilines is 3. The molecule has 1 aromatic heterocycles. The van der Waals surface area contributed by atoms with Gasteiger partial charge in [-0.25, -0.2) is 9.69 Å². The van der Waals surface area contributed by atoms with E-state index in [-0.39, 0.29) is 17.5 Å². The van der Waals surface area contributed by atoms with Crippen molar-refractivity contribution in [3.8, 4) is 5.75 Å². The van der Waals surface area contributed by atoms with Gasteiger partial charge in [0.1, 0.15) is 11.3 Å². The lowest BCUT2D eigenvalue weighted by Crippen LogP contribution is -2.40. The molecule has 1 saturated heterocycles. The maximum absolute atomic E-state index is 13.6. The fourth-order valence-corrected chi connectivity index (χ4v) is 4.38. The van der Waals surface area contributed by atoms with Crippen LogP contribution in [0.1, 0.15) is 27.2 Å². The zero-order chi connectivity index (χ0) is 23.3. The topological polar surface area (TPSA) is 66.0 Å². The number of alkyl halides is 3. The highest BCUT2D eigenvalue weighted by atomic mass is 19.4. The lowest BCUT2D eigenvalue weighted by atomic mass is 10.1. The molecule has 1 saturated carbocycles. The number of carbonyl (C=O) groups excluding carboxylic acids is 2. The molecule has 1 aliphatic carbocycles. The van der Waals surface area contributed by atoms with Crippen molar-refractivity contribution in [1.29, 1.82) is 0 Å². The lowest BCUT2D eigenvalue weighted by Gasteiger charge is -2.29. The second-order valence-electron chi connectivity index (χ2n) is 7.87. The molecule has 0 radical (unpaired) electrons. The summed E-state index contributed by atoms with van der Waals surface area (Å²) in [6.07, 6.45) is -1.07. The molecule has 1 aliphatic heterocycles. The third-order valence-electron chi connectivity index (χ3n) is 6.08. The van der Waals surface area contributed by atoms with E-state index in [1.54, 1.807) is 18.5 Å². The minimum absolute atomic E-state index is 0.0606. The molecule has 2 unspecified atom stereocenters. The summed E-state index contributed by atoms with van der Waals surface area (Å²) in [6.45, 7) is 7.27. The van der Waals surface area contributed by atoms with Crippen molar-refractivity contribution in [3.63, 3.8) is 0 Å². The van der Waals surface area contributed by atoms with Crippen LogP contribution in [0.2, 0.25) is 0 Å². The Bertz CT molecular complexity index is 1040. The van der Waals surface area contributed by atoms with Gasteiger partial charge in [-0.1, -0.05) is 6.92 Å². The van der Waals surface area contributed by atoms with Crippen LogP contribution in [0, 0.1) is 5.92 Å². The highest BCUT2D eigenvalue weighted by molar-refractivity contribution is 6.32. The molecule has 2 atom stereocenters. The second kappa shape index (κ2) is 7.68. The molecule has 7 nitrogen and oxygen atoms in total. The van der Waals surface area contributed by atoms with Gasteiger partial charge in [-0.3, -0.25) is 14.7 Å². The SMILES string of the molecule is CCN(CC)c1cnccc1N1C(=O)N(c2ccc(OC(F)(F)F)cc2)C(=O)C12CC2C. The quantitative estimate of drug-likeness (QED) is 0.606. The summed E-state index contributed by atoms with van der Waals surface area (Å²) in [5.74, 6) is -0.874. The molecule has 2 heterocycles. The van der Waals surface area contributed by atoms with Gasteiger partial charge in [0.05, 0.1) is 23.3 Å². The number of hydrogen-bond donors (Lipinski definition) is 0. The average molecular weight is 448 g/mol. The van der Waals surface area contributed by atoms with Crippen molar-refractivity contribution in [2.75, 3.05) is 27.8 Å². The van der Waals surface area contributed by atoms with E-state index in [0.717, 1.165) is 22.7 Å². The number of hydrogen-bond acceptors (Lipinski definition) is 5. The van der Waals surface area contributed by atoms with Gasteiger partial charge in [0, 0.05) is 19.3 Å². The number of pyridine rings is 1. The maximum Gasteiger partial charge on any atom is 0.573 e. The van der Waals surface area contributed by atoms with Crippen LogP contribution in [0.15, 0.2) is 42.7 Å². The fraction of sp³-hybridized carbons (Fsp3) is 0.409. The van der Waals surface area contributed by atoms with Gasteiger partial charge in [0.2, 0.25) is 0 Å². The normalized spacial score (nSPS) is 22.6. The number of rotatable bonds is 6. The Kier molecular flexibility index (Phi) is 5.26. The molecule has 1 aromatic carbocycles. The number of urea groups is 1. The van der Waals surface area contributed by atoms with Gasteiger partial charge in [0.25, 0.3) is 5.91 Å². The number of nitrogens with zero attached hydrogens (tertiary/aromatic N) is 4. The van der Waals surface area contributed by atoms with E-state index in [9.17, 15) is 22.8 Å². The number of aromatic nitrogens is 1. The van der Waals surface area contributed by atoms with Crippen LogP contribution in [-0.4, -0.2) is 41.9 Å². The summed E-state index contributed by atoms with van der Waals surface area (Å²) in [5.41, 5.74) is 0.509. The summed E-state index contributed by atoms with van der Waals surface area (Å²) < 4.78 is 41.3. The van der Waals surface area contributed by atoms with Crippen LogP contribution in [0.4, 0.5) is 35.0 Å². The van der Waals surface area contributed by atoms with E-state index >= 15 is 0 Å². The highest BCUT2D eigenvalue weighted by Gasteiger charge is 2.71. The van der Waals surface area contributed by atoms with E-state index < -0.39 is 23.7 Å². The molecular formula is C22H23F3N4O3. The van der Waals surface area contributed by atoms with E-state index in [0.29, 0.717) is 25.2 Å². The van der Waals surface area contributed by atoms with E-state index in [2.05, 4.69) is 9.72 Å². The lowest BCUT2D eigenvalue weighted by molar-refractivity contribution is -0.274. The third-order valence-corrected chi connectivity index (χ3v) is 6.08. The number of carbonyl (C=O) groups is 2. The van der Waals surface area contributed by atoms with Gasteiger partial charge < -0.3 is 9.64 Å². The average Bonchev–Trinajstić information content (AvgIpc) is 3.36. The van der Waals surface area contributed by atoms with Gasteiger partial charge in [-0.15, -0.1) is 13.2 Å². The van der Waals surface area contributed by atoms with Crippen LogP contribution in [0.5, 0.6) is 5.75 Å². The summed E-state index contributed by atoms with van der Waals surface area (Å²) in [5, 5.41) is 0. The van der Waals surface area contributed by atoms with Gasteiger partial charge in [0.15, 0.2) is 0 Å². The molecule has 4 rings (SSSR count). The summed E-state index contributed by atoms with van der Waals surface area (Å²) >= 11 is 0. The summed E-state index contributed by atoms with van der Waals surface area (Å²) in [7, 11) is 0. The molecule has 1 spiro atoms. The van der Waals surface area contributed by atoms with E-state index in [1.165, 1.54) is 17.0 Å². The third kappa shape index (κ3) is 3.43. The Morgan fingerprint density at radius 2 is 1.78 bits per heavy atom. The van der Waals surface area contributed by atoms with Crippen LogP contribution in [-0.2, 0) is 4.79 Å². The van der Waals surface area contributed by atoms with Gasteiger partial charge >= 0.3 is 12.4 Å². The second-order valence-corrected chi connectivity index (χ2v) is 7.87. The zero-order valence-corrected chi connectivity index (χ0v) is 17.9. The molecular weight excluding hydrogens is 425 g/mol. The summed E-state index contributed by atoms with van der Waals surface area (Å²) in [4.78, 5) is 35.8. The van der Waals surface area contributed by atoms with Crippen LogP contribution in [0.25, 0.3) is 0 Å². The van der Waals surface area contributed by atoms with E-state index in [4.69, 9.17) is 0 Å². The number of ether oxygens (including phenoxy) is 1. The van der Waals surface area contributed by atoms with Crippen molar-refractivity contribution >= 4 is 29.0 Å². The first-order valence-electron chi connectivity index (χ1n) is 10.4. The minimum atomic E-state index is -4.83. The Morgan fingerprint density at radius 3 is 2.31 bits per heavy atom. The van der Waals surface area contributed by atoms with Crippen molar-refractivity contribution in [3.05, 3.63) is 42.7 Å². The van der Waals surface area contributed by atoms with Crippen LogP contribution in [0.3, 0.4) is 0 Å². The molecule has 170 valence electrons. The fourth-order valence-electron chi connectivity index (χ4n) is 4.38. The molecule has 3 amide bonds. The highest BCUT2D eigenvalue weighted by Crippen LogP contribution is 2.56. The summed E-state index contributed by atoms with van der Waals surface area (Å²) in [6, 6.07) is 5.90. The Morgan fingerprint density at radius 1 is 1.16 bits per heavy atom. The van der Waals surface area contributed by atoms with Crippen molar-refractivity contribution in [1.82, 2.24) is 4.98 Å². The minimum Gasteiger partial charge on any atom is -0.406 e. The molecule has 10 heteroatoms. The first kappa shape index (κ1) is 21.9. The maximum atomic E-state index is 13.6.